The highest BCUT2D eigenvalue weighted by atomic mass is 15.3. The van der Waals surface area contributed by atoms with Crippen molar-refractivity contribution >= 4 is 5.69 Å². The highest BCUT2D eigenvalue weighted by molar-refractivity contribution is 5.86. The Bertz CT molecular complexity index is 2390. The van der Waals surface area contributed by atoms with Crippen molar-refractivity contribution in [3.05, 3.63) is 239 Å². The van der Waals surface area contributed by atoms with E-state index in [1.165, 1.54) is 50.1 Å². The van der Waals surface area contributed by atoms with Gasteiger partial charge in [0.2, 0.25) is 0 Å². The van der Waals surface area contributed by atoms with Gasteiger partial charge in [-0.1, -0.05) is 172 Å². The Kier molecular flexibility index (Phi) is 8.12. The van der Waals surface area contributed by atoms with Gasteiger partial charge in [0.15, 0.2) is 0 Å². The van der Waals surface area contributed by atoms with Crippen LogP contribution < -0.4 is 4.90 Å². The number of fused-ring (bicyclic) bond motifs is 3. The lowest BCUT2D eigenvalue weighted by molar-refractivity contribution is 0.495. The van der Waals surface area contributed by atoms with Gasteiger partial charge in [0.1, 0.15) is 0 Å². The highest BCUT2D eigenvalue weighted by Gasteiger charge is 2.49. The number of benzene rings is 6. The minimum absolute atomic E-state index is 0.173. The second kappa shape index (κ2) is 13.0. The van der Waals surface area contributed by atoms with Crippen LogP contribution in [-0.2, 0) is 16.2 Å². The molecular formula is C51H45N3. The number of hydrogen-bond acceptors (Lipinski definition) is 3. The quantitative estimate of drug-likeness (QED) is 0.154. The van der Waals surface area contributed by atoms with Gasteiger partial charge in [-0.15, -0.1) is 0 Å². The van der Waals surface area contributed by atoms with E-state index in [0.29, 0.717) is 0 Å². The van der Waals surface area contributed by atoms with Gasteiger partial charge in [0.05, 0.1) is 28.9 Å². The summed E-state index contributed by atoms with van der Waals surface area (Å²) >= 11 is 0. The van der Waals surface area contributed by atoms with Crippen molar-refractivity contribution in [2.45, 2.75) is 37.0 Å². The molecule has 2 aliphatic rings. The fourth-order valence-electron chi connectivity index (χ4n) is 8.94. The molecule has 7 aromatic rings. The maximum Gasteiger partial charge on any atom is 0.0938 e. The van der Waals surface area contributed by atoms with Gasteiger partial charge in [0.25, 0.3) is 0 Å². The summed E-state index contributed by atoms with van der Waals surface area (Å²) in [5.74, 6) is 0. The molecule has 3 heteroatoms. The third kappa shape index (κ3) is 5.21. The minimum atomic E-state index is -0.751. The molecule has 3 nitrogen and oxygen atoms in total. The van der Waals surface area contributed by atoms with Crippen LogP contribution in [0.15, 0.2) is 188 Å². The molecule has 264 valence electrons. The van der Waals surface area contributed by atoms with Gasteiger partial charge in [-0.3, -0.25) is 4.98 Å². The maximum absolute atomic E-state index is 6.08. The number of nitrogens with zero attached hydrogens (tertiary/aromatic N) is 3. The molecule has 0 saturated heterocycles. The Morgan fingerprint density at radius 2 is 1.06 bits per heavy atom. The smallest absolute Gasteiger partial charge is 0.0938 e. The molecule has 0 bridgehead atoms. The fourth-order valence-corrected chi connectivity index (χ4v) is 8.94. The van der Waals surface area contributed by atoms with Crippen LogP contribution in [0.2, 0.25) is 0 Å². The van der Waals surface area contributed by atoms with Crippen molar-refractivity contribution < 1.29 is 0 Å². The number of anilines is 1. The first-order valence-corrected chi connectivity index (χ1v) is 19.0. The molecular weight excluding hydrogens is 655 g/mol. The first-order chi connectivity index (χ1) is 26.3. The molecule has 54 heavy (non-hydrogen) atoms. The number of hydrogen-bond donors (Lipinski definition) is 0. The second-order valence-electron chi connectivity index (χ2n) is 15.8. The van der Waals surface area contributed by atoms with Gasteiger partial charge in [-0.05, 0) is 79.8 Å². The van der Waals surface area contributed by atoms with Crippen molar-refractivity contribution in [3.63, 3.8) is 0 Å². The predicted molar refractivity (Wildman–Crippen MR) is 223 cm³/mol. The predicted octanol–water partition coefficient (Wildman–Crippen LogP) is 11.3. The van der Waals surface area contributed by atoms with Gasteiger partial charge in [0, 0.05) is 25.1 Å². The first-order valence-electron chi connectivity index (χ1n) is 19.0. The summed E-state index contributed by atoms with van der Waals surface area (Å²) < 4.78 is 0. The molecule has 9 rings (SSSR count). The lowest BCUT2D eigenvalue weighted by atomic mass is 9.65. The molecule has 1 aliphatic heterocycles. The van der Waals surface area contributed by atoms with Crippen LogP contribution >= 0.6 is 0 Å². The lowest BCUT2D eigenvalue weighted by Gasteiger charge is -2.39. The standard InChI is InChI=1S/C51H45N3/c1-49(2,3)41-34-47(52-48(35-41)51(39-23-12-7-13-24-39)45-29-16-14-27-43(45)44-28-15-17-30-46(44)51)50(37-19-8-5-9-20-37,38-21-10-6-11-22-38)40-25-18-26-42(33-40)54-32-31-53(4)36-54/h5-35H,36H2,1-4H3. The molecule has 0 fully saturated rings. The maximum atomic E-state index is 6.08. The van der Waals surface area contributed by atoms with Gasteiger partial charge >= 0.3 is 0 Å². The van der Waals surface area contributed by atoms with Gasteiger partial charge in [-0.25, -0.2) is 0 Å². The van der Waals surface area contributed by atoms with E-state index in [2.05, 4.69) is 226 Å². The number of rotatable bonds is 7. The molecule has 2 heterocycles. The Morgan fingerprint density at radius 1 is 0.519 bits per heavy atom. The molecule has 0 radical (unpaired) electrons. The SMILES string of the molecule is CN1C=CN(c2cccc(C(c3ccccc3)(c3ccccc3)c3cc(C(C)(C)C)cc(C4(c5ccccc5)c5ccccc5-c5ccccc54)n3)c2)C1. The average molecular weight is 700 g/mol. The van der Waals surface area contributed by atoms with Crippen molar-refractivity contribution in [3.8, 4) is 11.1 Å². The largest absolute Gasteiger partial charge is 0.361 e. The van der Waals surface area contributed by atoms with E-state index in [1.54, 1.807) is 0 Å². The zero-order chi connectivity index (χ0) is 36.9. The van der Waals surface area contributed by atoms with Crippen LogP contribution in [0.1, 0.15) is 71.1 Å². The average Bonchev–Trinajstić information content (AvgIpc) is 3.79. The Hall–Kier alpha value is -6.19. The molecule has 0 spiro atoms. The van der Waals surface area contributed by atoms with Crippen molar-refractivity contribution in [1.29, 1.82) is 0 Å². The molecule has 0 unspecified atom stereocenters. The van der Waals surface area contributed by atoms with Crippen LogP contribution in [0, 0.1) is 0 Å². The molecule has 0 N–H and O–H groups in total. The summed E-state index contributed by atoms with van der Waals surface area (Å²) in [5, 5.41) is 0. The molecule has 1 aliphatic carbocycles. The Balaban J connectivity index is 1.44. The van der Waals surface area contributed by atoms with E-state index < -0.39 is 10.8 Å². The topological polar surface area (TPSA) is 19.4 Å². The van der Waals surface area contributed by atoms with Crippen molar-refractivity contribution in [1.82, 2.24) is 9.88 Å². The zero-order valence-corrected chi connectivity index (χ0v) is 31.4. The summed E-state index contributed by atoms with van der Waals surface area (Å²) in [6.07, 6.45) is 4.30. The minimum Gasteiger partial charge on any atom is -0.361 e. The van der Waals surface area contributed by atoms with E-state index in [4.69, 9.17) is 4.98 Å². The fraction of sp³-hybridized carbons (Fsp3) is 0.157. The summed E-state index contributed by atoms with van der Waals surface area (Å²) in [7, 11) is 2.12. The summed E-state index contributed by atoms with van der Waals surface area (Å²) in [4.78, 5) is 10.6. The van der Waals surface area contributed by atoms with Gasteiger partial charge < -0.3 is 9.80 Å². The summed E-state index contributed by atoms with van der Waals surface area (Å²) in [6, 6.07) is 64.8. The van der Waals surface area contributed by atoms with E-state index in [9.17, 15) is 0 Å². The van der Waals surface area contributed by atoms with E-state index in [-0.39, 0.29) is 5.41 Å². The monoisotopic (exact) mass is 699 g/mol. The number of aromatic nitrogens is 1. The first kappa shape index (κ1) is 33.6. The lowest BCUT2D eigenvalue weighted by Crippen LogP contribution is -2.36. The number of pyridine rings is 1. The van der Waals surface area contributed by atoms with Crippen LogP contribution in [-0.4, -0.2) is 23.6 Å². The molecule has 0 amide bonds. The third-order valence-corrected chi connectivity index (χ3v) is 11.5. The van der Waals surface area contributed by atoms with E-state index >= 15 is 0 Å². The Labute approximate surface area is 319 Å². The van der Waals surface area contributed by atoms with Crippen LogP contribution in [0.3, 0.4) is 0 Å². The Morgan fingerprint density at radius 3 is 1.61 bits per heavy atom. The van der Waals surface area contributed by atoms with Crippen LogP contribution in [0.5, 0.6) is 0 Å². The summed E-state index contributed by atoms with van der Waals surface area (Å²) in [6.45, 7) is 7.77. The summed E-state index contributed by atoms with van der Waals surface area (Å²) in [5.41, 5.74) is 12.6. The molecule has 0 saturated carbocycles. The normalized spacial score (nSPS) is 14.6. The highest BCUT2D eigenvalue weighted by Crippen LogP contribution is 2.57. The molecule has 0 atom stereocenters. The van der Waals surface area contributed by atoms with Crippen molar-refractivity contribution in [2.24, 2.45) is 0 Å². The molecule has 1 aromatic heterocycles. The van der Waals surface area contributed by atoms with Gasteiger partial charge in [-0.2, -0.15) is 0 Å². The van der Waals surface area contributed by atoms with E-state index in [1.807, 2.05) is 0 Å². The van der Waals surface area contributed by atoms with E-state index in [0.717, 1.165) is 23.7 Å². The second-order valence-corrected chi connectivity index (χ2v) is 15.8. The molecule has 6 aromatic carbocycles. The van der Waals surface area contributed by atoms with Crippen molar-refractivity contribution in [2.75, 3.05) is 18.6 Å². The zero-order valence-electron chi connectivity index (χ0n) is 31.4. The van der Waals surface area contributed by atoms with Crippen LogP contribution in [0.4, 0.5) is 5.69 Å². The third-order valence-electron chi connectivity index (χ3n) is 11.5. The van der Waals surface area contributed by atoms with Crippen LogP contribution in [0.25, 0.3) is 11.1 Å².